The van der Waals surface area contributed by atoms with Crippen LogP contribution in [-0.4, -0.2) is 48.5 Å². The number of urea groups is 1. The molecule has 1 spiro atoms. The van der Waals surface area contributed by atoms with Crippen LogP contribution in [0.3, 0.4) is 0 Å². The number of likely N-dealkylation sites (tertiary alicyclic amines) is 1. The van der Waals surface area contributed by atoms with Gasteiger partial charge in [0.15, 0.2) is 0 Å². The number of hydrogen-bond acceptors (Lipinski definition) is 4. The summed E-state index contributed by atoms with van der Waals surface area (Å²) in [6, 6.07) is 11.9. The van der Waals surface area contributed by atoms with Crippen molar-refractivity contribution in [1.29, 1.82) is 0 Å². The Morgan fingerprint density at radius 2 is 1.74 bits per heavy atom. The average Bonchev–Trinajstić information content (AvgIpc) is 3.26. The molecule has 0 atom stereocenters. The summed E-state index contributed by atoms with van der Waals surface area (Å²) in [6.07, 6.45) is -2.83. The molecule has 1 saturated heterocycles. The van der Waals surface area contributed by atoms with E-state index in [2.05, 4.69) is 19.9 Å². The zero-order chi connectivity index (χ0) is 30.8. The lowest BCUT2D eigenvalue weighted by Crippen LogP contribution is -2.47. The Labute approximate surface area is 248 Å². The van der Waals surface area contributed by atoms with Crippen molar-refractivity contribution in [3.63, 3.8) is 0 Å². The number of nitrogens with one attached hydrogen (secondary N) is 1. The first-order valence-corrected chi connectivity index (χ1v) is 13.8. The van der Waals surface area contributed by atoms with Gasteiger partial charge in [-0.05, 0) is 79.0 Å². The highest BCUT2D eigenvalue weighted by molar-refractivity contribution is 6.29. The van der Waals surface area contributed by atoms with Crippen LogP contribution in [0.2, 0.25) is 5.15 Å². The molecule has 2 aromatic carbocycles. The highest BCUT2D eigenvalue weighted by Crippen LogP contribution is 2.48. The summed E-state index contributed by atoms with van der Waals surface area (Å²) in [5.74, 6) is -0.297. The number of nitrogens with zero attached hydrogens (tertiary/aromatic N) is 3. The van der Waals surface area contributed by atoms with E-state index in [9.17, 15) is 31.1 Å². The Bertz CT molecular complexity index is 1490. The fourth-order valence-electron chi connectivity index (χ4n) is 5.57. The molecule has 6 nitrogen and oxygen atoms in total. The summed E-state index contributed by atoms with van der Waals surface area (Å²) in [5, 5.41) is 3.06. The van der Waals surface area contributed by atoms with E-state index in [-0.39, 0.29) is 29.7 Å². The maximum absolute atomic E-state index is 13.6. The number of carbonyl (C=O) groups excluding carboxylic acids is 1. The van der Waals surface area contributed by atoms with Crippen molar-refractivity contribution in [2.24, 2.45) is 0 Å². The molecular weight excluding hydrogens is 598 g/mol. The normalized spacial score (nSPS) is 17.0. The van der Waals surface area contributed by atoms with Crippen LogP contribution >= 0.6 is 11.6 Å². The van der Waals surface area contributed by atoms with E-state index in [1.807, 2.05) is 6.08 Å². The number of aromatic nitrogens is 1. The van der Waals surface area contributed by atoms with E-state index in [0.717, 1.165) is 17.7 Å². The number of halogens is 7. The molecule has 0 saturated carbocycles. The molecule has 5 rings (SSSR count). The van der Waals surface area contributed by atoms with Crippen LogP contribution in [0.15, 0.2) is 66.9 Å². The van der Waals surface area contributed by atoms with E-state index in [1.54, 1.807) is 18.2 Å². The Kier molecular flexibility index (Phi) is 8.62. The molecule has 2 aliphatic rings. The van der Waals surface area contributed by atoms with Gasteiger partial charge in [-0.3, -0.25) is 9.80 Å². The van der Waals surface area contributed by atoms with Crippen LogP contribution in [0.25, 0.3) is 6.08 Å². The zero-order valence-electron chi connectivity index (χ0n) is 22.7. The second kappa shape index (κ2) is 12.1. The number of anilines is 1. The summed E-state index contributed by atoms with van der Waals surface area (Å²) in [4.78, 5) is 20.8. The summed E-state index contributed by atoms with van der Waals surface area (Å²) in [6.45, 7) is 2.26. The van der Waals surface area contributed by atoms with Crippen LogP contribution in [0.1, 0.15) is 35.1 Å². The molecule has 0 unspecified atom stereocenters. The third-order valence-electron chi connectivity index (χ3n) is 7.73. The van der Waals surface area contributed by atoms with Gasteiger partial charge in [0.25, 0.3) is 0 Å². The van der Waals surface area contributed by atoms with Crippen molar-refractivity contribution in [2.75, 3.05) is 31.1 Å². The Morgan fingerprint density at radius 1 is 1.02 bits per heavy atom. The van der Waals surface area contributed by atoms with E-state index in [1.165, 1.54) is 41.4 Å². The van der Waals surface area contributed by atoms with Gasteiger partial charge >= 0.3 is 18.6 Å². The topological polar surface area (TPSA) is 57.7 Å². The van der Waals surface area contributed by atoms with Crippen LogP contribution in [-0.2, 0) is 18.1 Å². The summed E-state index contributed by atoms with van der Waals surface area (Å²) in [5.41, 5.74) is 1.08. The summed E-state index contributed by atoms with van der Waals surface area (Å²) < 4.78 is 81.8. The maximum atomic E-state index is 13.6. The quantitative estimate of drug-likeness (QED) is 0.229. The van der Waals surface area contributed by atoms with Gasteiger partial charge in [-0.25, -0.2) is 9.78 Å². The lowest BCUT2D eigenvalue weighted by molar-refractivity contribution is -0.274. The number of piperidine rings is 1. The lowest BCUT2D eigenvalue weighted by atomic mass is 9.74. The van der Waals surface area contributed by atoms with Crippen molar-refractivity contribution in [3.8, 4) is 5.75 Å². The molecule has 0 aliphatic carbocycles. The third kappa shape index (κ3) is 7.42. The number of hydrogen-bond donors (Lipinski definition) is 1. The molecule has 0 radical (unpaired) electrons. The van der Waals surface area contributed by atoms with Gasteiger partial charge in [-0.15, -0.1) is 13.2 Å². The SMILES string of the molecule is O=C(NCc1ccnc(Cl)c1)N1CC2(CCN(CC=Cc3ccc(OC(F)(F)F)cc3)CC2)c2ccc(C(F)(F)F)cc21. The first-order chi connectivity index (χ1) is 20.3. The largest absolute Gasteiger partial charge is 0.573 e. The number of fused-ring (bicyclic) bond motifs is 2. The molecule has 43 heavy (non-hydrogen) atoms. The minimum Gasteiger partial charge on any atom is -0.406 e. The van der Waals surface area contributed by atoms with Gasteiger partial charge in [0, 0.05) is 36.9 Å². The van der Waals surface area contributed by atoms with Crippen LogP contribution in [0, 0.1) is 0 Å². The minimum atomic E-state index is -4.75. The molecule has 3 aromatic rings. The molecule has 3 heterocycles. The molecule has 0 bridgehead atoms. The van der Waals surface area contributed by atoms with Gasteiger partial charge in [-0.2, -0.15) is 13.2 Å². The van der Waals surface area contributed by atoms with Crippen molar-refractivity contribution in [2.45, 2.75) is 37.3 Å². The number of ether oxygens (including phenoxy) is 1. The van der Waals surface area contributed by atoms with Gasteiger partial charge in [-0.1, -0.05) is 42.0 Å². The van der Waals surface area contributed by atoms with Crippen LogP contribution in [0.5, 0.6) is 5.75 Å². The van der Waals surface area contributed by atoms with E-state index in [4.69, 9.17) is 11.6 Å². The van der Waals surface area contributed by atoms with Crippen LogP contribution in [0.4, 0.5) is 36.8 Å². The van der Waals surface area contributed by atoms with Gasteiger partial charge in [0.05, 0.1) is 5.56 Å². The molecule has 1 N–H and O–H groups in total. The molecule has 228 valence electrons. The fraction of sp³-hybridized carbons (Fsp3) is 0.333. The Hall–Kier alpha value is -3.77. The van der Waals surface area contributed by atoms with Gasteiger partial charge in [0.1, 0.15) is 10.9 Å². The first kappa shape index (κ1) is 30.7. The predicted octanol–water partition coefficient (Wildman–Crippen LogP) is 7.43. The van der Waals surface area contributed by atoms with Crippen molar-refractivity contribution in [3.05, 3.63) is 94.3 Å². The second-order valence-corrected chi connectivity index (χ2v) is 10.9. The van der Waals surface area contributed by atoms with Crippen molar-refractivity contribution in [1.82, 2.24) is 15.2 Å². The van der Waals surface area contributed by atoms with E-state index >= 15 is 0 Å². The number of carbonyl (C=O) groups is 1. The number of alkyl halides is 6. The molecule has 2 amide bonds. The van der Waals surface area contributed by atoms with Crippen LogP contribution < -0.4 is 15.0 Å². The molecule has 2 aliphatic heterocycles. The Balaban J connectivity index is 1.25. The number of rotatable bonds is 6. The van der Waals surface area contributed by atoms with E-state index in [0.29, 0.717) is 43.6 Å². The van der Waals surface area contributed by atoms with Gasteiger partial charge in [0.2, 0.25) is 0 Å². The number of benzene rings is 2. The maximum Gasteiger partial charge on any atom is 0.573 e. The minimum absolute atomic E-state index is 0.136. The lowest BCUT2D eigenvalue weighted by Gasteiger charge is -2.39. The van der Waals surface area contributed by atoms with Gasteiger partial charge < -0.3 is 10.1 Å². The van der Waals surface area contributed by atoms with Crippen molar-refractivity contribution < 1.29 is 35.9 Å². The standard InChI is InChI=1S/C30H27ClF6N4O2/c31-26-16-21(9-12-38-26)18-39-27(42)41-19-28(24-8-5-22(17-25(24)41)29(32,33)34)10-14-40(15-11-28)13-1-2-20-3-6-23(7-4-20)43-30(35,36)37/h1-9,12,16-17H,10-11,13-15,18-19H2,(H,39,42). The molecule has 13 heteroatoms. The van der Waals surface area contributed by atoms with Crippen molar-refractivity contribution >= 4 is 29.4 Å². The molecular formula is C30H27ClF6N4O2. The number of pyridine rings is 1. The highest BCUT2D eigenvalue weighted by atomic mass is 35.5. The molecule has 1 aromatic heterocycles. The second-order valence-electron chi connectivity index (χ2n) is 10.6. The highest BCUT2D eigenvalue weighted by Gasteiger charge is 2.47. The monoisotopic (exact) mass is 624 g/mol. The number of amides is 2. The average molecular weight is 625 g/mol. The smallest absolute Gasteiger partial charge is 0.406 e. The fourth-order valence-corrected chi connectivity index (χ4v) is 5.77. The Morgan fingerprint density at radius 3 is 2.40 bits per heavy atom. The summed E-state index contributed by atoms with van der Waals surface area (Å²) in [7, 11) is 0. The molecule has 1 fully saturated rings. The summed E-state index contributed by atoms with van der Waals surface area (Å²) >= 11 is 5.92. The van der Waals surface area contributed by atoms with E-state index < -0.39 is 29.5 Å². The third-order valence-corrected chi connectivity index (χ3v) is 7.94. The zero-order valence-corrected chi connectivity index (χ0v) is 23.4. The first-order valence-electron chi connectivity index (χ1n) is 13.4. The predicted molar refractivity (Wildman–Crippen MR) is 150 cm³/mol.